The Bertz CT molecular complexity index is 415. The predicted octanol–water partition coefficient (Wildman–Crippen LogP) is 2.50. The largest absolute Gasteiger partial charge is 0.370 e. The predicted molar refractivity (Wildman–Crippen MR) is 84.3 cm³/mol. The number of nitrogens with zero attached hydrogens (tertiary/aromatic N) is 3. The second-order valence-electron chi connectivity index (χ2n) is 5.56. The van der Waals surface area contributed by atoms with E-state index in [1.165, 1.54) is 25.7 Å². The molecule has 1 fully saturated rings. The van der Waals surface area contributed by atoms with Crippen molar-refractivity contribution < 1.29 is 0 Å². The average Bonchev–Trinajstić information content (AvgIpc) is 2.92. The number of nitrogens with one attached hydrogen (secondary N) is 2. The highest BCUT2D eigenvalue weighted by molar-refractivity contribution is 5.47. The van der Waals surface area contributed by atoms with Crippen LogP contribution in [0.4, 0.5) is 11.6 Å². The van der Waals surface area contributed by atoms with Crippen LogP contribution in [0.3, 0.4) is 0 Å². The first-order chi connectivity index (χ1) is 9.69. The van der Waals surface area contributed by atoms with Crippen molar-refractivity contribution in [2.75, 3.05) is 37.3 Å². The fourth-order valence-corrected chi connectivity index (χ4v) is 2.82. The fourth-order valence-electron chi connectivity index (χ4n) is 2.82. The quantitative estimate of drug-likeness (QED) is 0.802. The molecule has 1 heterocycles. The number of anilines is 2. The van der Waals surface area contributed by atoms with Crippen LogP contribution in [0.25, 0.3) is 0 Å². The van der Waals surface area contributed by atoms with Crippen LogP contribution < -0.4 is 10.6 Å². The summed E-state index contributed by atoms with van der Waals surface area (Å²) in [5.41, 5.74) is 0. The third-order valence-corrected chi connectivity index (χ3v) is 3.91. The maximum Gasteiger partial charge on any atom is 0.131 e. The highest BCUT2D eigenvalue weighted by Crippen LogP contribution is 2.22. The summed E-state index contributed by atoms with van der Waals surface area (Å²) in [6.45, 7) is 6.86. The molecule has 0 atom stereocenters. The van der Waals surface area contributed by atoms with Gasteiger partial charge in [-0.3, -0.25) is 0 Å². The van der Waals surface area contributed by atoms with Crippen molar-refractivity contribution in [1.29, 1.82) is 0 Å². The lowest BCUT2D eigenvalue weighted by atomic mass is 10.2. The molecule has 2 N–H and O–H groups in total. The van der Waals surface area contributed by atoms with Crippen molar-refractivity contribution in [3.05, 3.63) is 11.9 Å². The van der Waals surface area contributed by atoms with Gasteiger partial charge in [0, 0.05) is 31.7 Å². The molecule has 1 aliphatic carbocycles. The number of rotatable bonds is 7. The summed E-state index contributed by atoms with van der Waals surface area (Å²) in [6, 6.07) is 2.76. The van der Waals surface area contributed by atoms with E-state index in [2.05, 4.69) is 39.5 Å². The minimum absolute atomic E-state index is 0.779. The van der Waals surface area contributed by atoms with Crippen LogP contribution in [0, 0.1) is 6.92 Å². The zero-order valence-corrected chi connectivity index (χ0v) is 12.9. The normalized spacial score (nSPS) is 15.8. The molecular weight excluding hydrogens is 250 g/mol. The van der Waals surface area contributed by atoms with E-state index in [0.717, 1.165) is 43.1 Å². The Morgan fingerprint density at radius 1 is 1.20 bits per heavy atom. The lowest BCUT2D eigenvalue weighted by Crippen LogP contribution is -2.33. The monoisotopic (exact) mass is 277 g/mol. The lowest BCUT2D eigenvalue weighted by molar-refractivity contribution is 0.254. The van der Waals surface area contributed by atoms with E-state index in [1.54, 1.807) is 0 Å². The number of likely N-dealkylation sites (N-methyl/N-ethyl adjacent to an activating group) is 1. The molecule has 5 nitrogen and oxygen atoms in total. The Kier molecular flexibility index (Phi) is 5.59. The standard InChI is InChI=1S/C15H27N5/c1-4-16-14-11-15(19-12(2)18-14)17-9-10-20(3)13-7-5-6-8-13/h11,13H,4-10H2,1-3H3,(H2,16,17,18,19). The summed E-state index contributed by atoms with van der Waals surface area (Å²) >= 11 is 0. The summed E-state index contributed by atoms with van der Waals surface area (Å²) in [4.78, 5) is 11.3. The van der Waals surface area contributed by atoms with Gasteiger partial charge in [-0.05, 0) is 33.7 Å². The zero-order chi connectivity index (χ0) is 14.4. The minimum atomic E-state index is 0.779. The van der Waals surface area contributed by atoms with E-state index in [9.17, 15) is 0 Å². The average molecular weight is 277 g/mol. The van der Waals surface area contributed by atoms with Gasteiger partial charge in [-0.1, -0.05) is 12.8 Å². The molecule has 0 saturated heterocycles. The van der Waals surface area contributed by atoms with Crippen LogP contribution in [0.15, 0.2) is 6.07 Å². The van der Waals surface area contributed by atoms with E-state index in [4.69, 9.17) is 0 Å². The van der Waals surface area contributed by atoms with Crippen molar-refractivity contribution >= 4 is 11.6 Å². The first kappa shape index (κ1) is 15.0. The maximum absolute atomic E-state index is 4.43. The Morgan fingerprint density at radius 2 is 1.85 bits per heavy atom. The van der Waals surface area contributed by atoms with Crippen LogP contribution in [0.5, 0.6) is 0 Å². The number of hydrogen-bond donors (Lipinski definition) is 2. The van der Waals surface area contributed by atoms with Gasteiger partial charge < -0.3 is 15.5 Å². The van der Waals surface area contributed by atoms with Crippen LogP contribution in [0.1, 0.15) is 38.4 Å². The molecule has 5 heteroatoms. The number of hydrogen-bond acceptors (Lipinski definition) is 5. The van der Waals surface area contributed by atoms with Gasteiger partial charge in [0.1, 0.15) is 17.5 Å². The summed E-state index contributed by atoms with van der Waals surface area (Å²) in [5, 5.41) is 6.64. The molecule has 1 aromatic rings. The molecule has 112 valence electrons. The molecule has 0 aliphatic heterocycles. The molecule has 1 aliphatic rings. The van der Waals surface area contributed by atoms with Crippen molar-refractivity contribution in [3.63, 3.8) is 0 Å². The second-order valence-corrected chi connectivity index (χ2v) is 5.56. The summed E-state index contributed by atoms with van der Waals surface area (Å²) in [7, 11) is 2.23. The highest BCUT2D eigenvalue weighted by Gasteiger charge is 2.18. The first-order valence-corrected chi connectivity index (χ1v) is 7.72. The van der Waals surface area contributed by atoms with E-state index in [1.807, 2.05) is 13.0 Å². The molecule has 1 aromatic heterocycles. The molecule has 2 rings (SSSR count). The Hall–Kier alpha value is -1.36. The topological polar surface area (TPSA) is 53.1 Å². The molecule has 0 aromatic carbocycles. The maximum atomic E-state index is 4.43. The number of aromatic nitrogens is 2. The van der Waals surface area contributed by atoms with Gasteiger partial charge in [-0.2, -0.15) is 0 Å². The van der Waals surface area contributed by atoms with E-state index in [0.29, 0.717) is 0 Å². The summed E-state index contributed by atoms with van der Waals surface area (Å²) < 4.78 is 0. The molecular formula is C15H27N5. The van der Waals surface area contributed by atoms with E-state index in [-0.39, 0.29) is 0 Å². The van der Waals surface area contributed by atoms with Gasteiger partial charge in [-0.15, -0.1) is 0 Å². The molecule has 0 bridgehead atoms. The van der Waals surface area contributed by atoms with Gasteiger partial charge >= 0.3 is 0 Å². The van der Waals surface area contributed by atoms with E-state index >= 15 is 0 Å². The van der Waals surface area contributed by atoms with Crippen molar-refractivity contribution in [3.8, 4) is 0 Å². The Labute approximate surface area is 122 Å². The van der Waals surface area contributed by atoms with Gasteiger partial charge in [0.2, 0.25) is 0 Å². The third-order valence-electron chi connectivity index (χ3n) is 3.91. The zero-order valence-electron chi connectivity index (χ0n) is 12.9. The van der Waals surface area contributed by atoms with Crippen molar-refractivity contribution in [2.24, 2.45) is 0 Å². The van der Waals surface area contributed by atoms with Gasteiger partial charge in [0.05, 0.1) is 0 Å². The molecule has 1 saturated carbocycles. The number of aryl methyl sites for hydroxylation is 1. The Morgan fingerprint density at radius 3 is 2.50 bits per heavy atom. The van der Waals surface area contributed by atoms with Gasteiger partial charge in [-0.25, -0.2) is 9.97 Å². The van der Waals surface area contributed by atoms with Gasteiger partial charge in [0.15, 0.2) is 0 Å². The molecule has 0 amide bonds. The first-order valence-electron chi connectivity index (χ1n) is 7.72. The SMILES string of the molecule is CCNc1cc(NCCN(C)C2CCCC2)nc(C)n1. The van der Waals surface area contributed by atoms with Crippen LogP contribution >= 0.6 is 0 Å². The molecule has 0 radical (unpaired) electrons. The van der Waals surface area contributed by atoms with Crippen LogP contribution in [-0.4, -0.2) is 47.6 Å². The van der Waals surface area contributed by atoms with Crippen molar-refractivity contribution in [2.45, 2.75) is 45.6 Å². The van der Waals surface area contributed by atoms with Crippen molar-refractivity contribution in [1.82, 2.24) is 14.9 Å². The third kappa shape index (κ3) is 4.34. The molecule has 0 spiro atoms. The van der Waals surface area contributed by atoms with Crippen LogP contribution in [0.2, 0.25) is 0 Å². The highest BCUT2D eigenvalue weighted by atomic mass is 15.2. The lowest BCUT2D eigenvalue weighted by Gasteiger charge is -2.24. The molecule has 20 heavy (non-hydrogen) atoms. The Balaban J connectivity index is 1.80. The van der Waals surface area contributed by atoms with Gasteiger partial charge in [0.25, 0.3) is 0 Å². The second kappa shape index (κ2) is 7.43. The summed E-state index contributed by atoms with van der Waals surface area (Å²) in [5.74, 6) is 2.61. The summed E-state index contributed by atoms with van der Waals surface area (Å²) in [6.07, 6.45) is 5.49. The van der Waals surface area contributed by atoms with E-state index < -0.39 is 0 Å². The molecule has 0 unspecified atom stereocenters. The smallest absolute Gasteiger partial charge is 0.131 e. The van der Waals surface area contributed by atoms with Crippen LogP contribution in [-0.2, 0) is 0 Å². The fraction of sp³-hybridized carbons (Fsp3) is 0.733. The minimum Gasteiger partial charge on any atom is -0.370 e.